The number of benzene rings is 3. The van der Waals surface area contributed by atoms with Crippen LogP contribution in [0, 0.1) is 5.82 Å². The molecule has 1 aliphatic carbocycles. The predicted octanol–water partition coefficient (Wildman–Crippen LogP) is 6.97. The first-order chi connectivity index (χ1) is 19.1. The highest BCUT2D eigenvalue weighted by molar-refractivity contribution is 6.04. The lowest BCUT2D eigenvalue weighted by atomic mass is 9.82. The number of nitrogens with zero attached hydrogens (tertiary/aromatic N) is 2. The fourth-order valence-corrected chi connectivity index (χ4v) is 4.69. The molecule has 0 radical (unpaired) electrons. The van der Waals surface area contributed by atoms with Crippen molar-refractivity contribution in [3.8, 4) is 17.0 Å². The van der Waals surface area contributed by atoms with Crippen molar-refractivity contribution in [1.29, 1.82) is 0 Å². The van der Waals surface area contributed by atoms with E-state index < -0.39 is 6.03 Å². The fraction of sp³-hybridized carbons (Fsp3) is 0.281. The average molecular weight is 541 g/mol. The van der Waals surface area contributed by atoms with Gasteiger partial charge in [-0.2, -0.15) is 9.78 Å². The Labute approximate surface area is 233 Å². The lowest BCUT2D eigenvalue weighted by Gasteiger charge is -2.25. The van der Waals surface area contributed by atoms with Crippen molar-refractivity contribution in [2.24, 2.45) is 0 Å². The first kappa shape index (κ1) is 27.1. The van der Waals surface area contributed by atoms with Gasteiger partial charge in [-0.15, -0.1) is 0 Å². The van der Waals surface area contributed by atoms with Gasteiger partial charge in [0.05, 0.1) is 11.4 Å². The Morgan fingerprint density at radius 3 is 2.30 bits per heavy atom. The quantitative estimate of drug-likeness (QED) is 0.246. The van der Waals surface area contributed by atoms with Gasteiger partial charge in [0.25, 0.3) is 5.91 Å². The molecule has 0 bridgehead atoms. The Kier molecular flexibility index (Phi) is 7.43. The van der Waals surface area contributed by atoms with E-state index in [0.29, 0.717) is 22.5 Å². The van der Waals surface area contributed by atoms with Crippen LogP contribution in [0.3, 0.4) is 0 Å². The summed E-state index contributed by atoms with van der Waals surface area (Å²) in [5, 5.41) is 21.1. The average Bonchev–Trinajstić information content (AvgIpc) is 3.31. The van der Waals surface area contributed by atoms with Crippen LogP contribution >= 0.6 is 0 Å². The van der Waals surface area contributed by atoms with Crippen molar-refractivity contribution in [2.75, 3.05) is 5.32 Å². The van der Waals surface area contributed by atoms with Crippen LogP contribution in [-0.4, -0.2) is 26.8 Å². The van der Waals surface area contributed by atoms with Gasteiger partial charge >= 0.3 is 6.03 Å². The first-order valence-electron chi connectivity index (χ1n) is 13.5. The number of hydrogen-bond donors (Lipinski definition) is 3. The molecule has 2 amide bonds. The molecule has 1 aliphatic rings. The summed E-state index contributed by atoms with van der Waals surface area (Å²) >= 11 is 0. The summed E-state index contributed by atoms with van der Waals surface area (Å²) in [4.78, 5) is 25.9. The minimum atomic E-state index is -0.390. The molecule has 40 heavy (non-hydrogen) atoms. The number of phenolic OH excluding ortho intramolecular Hbond substituents is 1. The summed E-state index contributed by atoms with van der Waals surface area (Å²) in [7, 11) is 0. The summed E-state index contributed by atoms with van der Waals surface area (Å²) < 4.78 is 14.6. The Hall–Kier alpha value is -4.46. The Morgan fingerprint density at radius 1 is 1.00 bits per heavy atom. The number of halogens is 1. The summed E-state index contributed by atoms with van der Waals surface area (Å²) in [5.41, 5.74) is 4.57. The zero-order chi connectivity index (χ0) is 28.4. The smallest absolute Gasteiger partial charge is 0.342 e. The van der Waals surface area contributed by atoms with E-state index in [4.69, 9.17) is 0 Å². The molecule has 1 aromatic heterocycles. The van der Waals surface area contributed by atoms with Gasteiger partial charge in [-0.25, -0.2) is 9.18 Å². The highest BCUT2D eigenvalue weighted by Gasteiger charge is 2.27. The maximum absolute atomic E-state index is 13.2. The molecule has 0 atom stereocenters. The third-order valence-electron chi connectivity index (χ3n) is 7.35. The molecular weight excluding hydrogens is 507 g/mol. The molecule has 4 aromatic rings. The number of hydrogen-bond acceptors (Lipinski definition) is 4. The van der Waals surface area contributed by atoms with Crippen LogP contribution in [0.1, 0.15) is 73.1 Å². The topological polar surface area (TPSA) is 96.3 Å². The third-order valence-corrected chi connectivity index (χ3v) is 7.35. The van der Waals surface area contributed by atoms with Crippen LogP contribution in [0.15, 0.2) is 72.8 Å². The number of amides is 2. The molecule has 0 saturated heterocycles. The van der Waals surface area contributed by atoms with E-state index in [9.17, 15) is 19.1 Å². The molecule has 3 aromatic carbocycles. The Bertz CT molecular complexity index is 1530. The van der Waals surface area contributed by atoms with E-state index in [-0.39, 0.29) is 35.4 Å². The van der Waals surface area contributed by atoms with Gasteiger partial charge in [-0.1, -0.05) is 51.5 Å². The third kappa shape index (κ3) is 5.91. The first-order valence-corrected chi connectivity index (χ1v) is 13.5. The lowest BCUT2D eigenvalue weighted by molar-refractivity contribution is 0.102. The molecular formula is C32H33FN4O3. The molecule has 1 saturated carbocycles. The number of carbonyl (C=O) groups is 2. The normalized spacial score (nSPS) is 13.5. The van der Waals surface area contributed by atoms with E-state index in [1.54, 1.807) is 36.4 Å². The van der Waals surface area contributed by atoms with Crippen LogP contribution in [0.5, 0.6) is 5.75 Å². The van der Waals surface area contributed by atoms with Crippen molar-refractivity contribution >= 4 is 17.6 Å². The molecule has 5 rings (SSSR count). The van der Waals surface area contributed by atoms with Crippen LogP contribution in [0.2, 0.25) is 0 Å². The molecule has 8 heteroatoms. The van der Waals surface area contributed by atoms with Crippen molar-refractivity contribution in [3.05, 3.63) is 101 Å². The van der Waals surface area contributed by atoms with E-state index in [2.05, 4.69) is 36.5 Å². The van der Waals surface area contributed by atoms with Crippen LogP contribution in [0.4, 0.5) is 14.9 Å². The standard InChI is InChI=1S/C32H33FN4O3/c1-32(2,3)23-11-9-22(10-12-23)30(39)35-25-15-16-26(29(38)17-25)27-18-28(21-5-4-6-21)37(36-27)31(40)34-19-20-7-13-24(33)14-8-20/h7-18,21,38H,4-6,19H2,1-3H3,(H,34,40)(H,35,39). The van der Waals surface area contributed by atoms with Gasteiger partial charge in [-0.3, -0.25) is 4.79 Å². The number of phenols is 1. The summed E-state index contributed by atoms with van der Waals surface area (Å²) in [6.07, 6.45) is 3.01. The second-order valence-corrected chi connectivity index (χ2v) is 11.3. The van der Waals surface area contributed by atoms with Crippen molar-refractivity contribution < 1.29 is 19.1 Å². The number of rotatable bonds is 6. The fourth-order valence-electron chi connectivity index (χ4n) is 4.69. The summed E-state index contributed by atoms with van der Waals surface area (Å²) in [6, 6.07) is 19.7. The molecule has 0 unspecified atom stereocenters. The maximum Gasteiger partial charge on any atom is 0.342 e. The van der Waals surface area contributed by atoms with Crippen LogP contribution in [0.25, 0.3) is 11.3 Å². The van der Waals surface area contributed by atoms with E-state index >= 15 is 0 Å². The van der Waals surface area contributed by atoms with Gasteiger partial charge < -0.3 is 15.7 Å². The zero-order valence-electron chi connectivity index (χ0n) is 22.9. The van der Waals surface area contributed by atoms with Gasteiger partial charge in [-0.05, 0) is 71.8 Å². The van der Waals surface area contributed by atoms with Crippen molar-refractivity contribution in [3.63, 3.8) is 0 Å². The monoisotopic (exact) mass is 540 g/mol. The second-order valence-electron chi connectivity index (χ2n) is 11.3. The van der Waals surface area contributed by atoms with E-state index in [1.807, 2.05) is 18.2 Å². The number of aromatic nitrogens is 2. The van der Waals surface area contributed by atoms with E-state index in [1.165, 1.54) is 22.9 Å². The maximum atomic E-state index is 13.2. The zero-order valence-corrected chi connectivity index (χ0v) is 22.9. The predicted molar refractivity (Wildman–Crippen MR) is 153 cm³/mol. The molecule has 1 heterocycles. The Balaban J connectivity index is 1.32. The highest BCUT2D eigenvalue weighted by atomic mass is 19.1. The molecule has 0 spiro atoms. The lowest BCUT2D eigenvalue weighted by Crippen LogP contribution is -2.31. The van der Waals surface area contributed by atoms with E-state index in [0.717, 1.165) is 36.1 Å². The minimum absolute atomic E-state index is 0.00855. The molecule has 3 N–H and O–H groups in total. The summed E-state index contributed by atoms with van der Waals surface area (Å²) in [6.45, 7) is 6.58. The molecule has 0 aliphatic heterocycles. The van der Waals surface area contributed by atoms with Gasteiger partial charge in [0.2, 0.25) is 0 Å². The van der Waals surface area contributed by atoms with Gasteiger partial charge in [0.15, 0.2) is 0 Å². The summed E-state index contributed by atoms with van der Waals surface area (Å²) in [5.74, 6) is -0.457. The minimum Gasteiger partial charge on any atom is -0.507 e. The second kappa shape index (κ2) is 11.0. The van der Waals surface area contributed by atoms with Crippen LogP contribution < -0.4 is 10.6 Å². The molecule has 206 valence electrons. The number of carbonyl (C=O) groups excluding carboxylic acids is 2. The van der Waals surface area contributed by atoms with Crippen molar-refractivity contribution in [2.45, 2.75) is 57.9 Å². The largest absolute Gasteiger partial charge is 0.507 e. The number of aromatic hydroxyl groups is 1. The van der Waals surface area contributed by atoms with Gasteiger partial charge in [0, 0.05) is 35.3 Å². The number of nitrogens with one attached hydrogen (secondary N) is 2. The molecule has 1 fully saturated rings. The molecule has 7 nitrogen and oxygen atoms in total. The van der Waals surface area contributed by atoms with Crippen molar-refractivity contribution in [1.82, 2.24) is 15.1 Å². The highest BCUT2D eigenvalue weighted by Crippen LogP contribution is 2.39. The van der Waals surface area contributed by atoms with Gasteiger partial charge in [0.1, 0.15) is 11.6 Å². The van der Waals surface area contributed by atoms with Crippen LogP contribution in [-0.2, 0) is 12.0 Å². The SMILES string of the molecule is CC(C)(C)c1ccc(C(=O)Nc2ccc(-c3cc(C4CCC4)n(C(=O)NCc4ccc(F)cc4)n3)c(O)c2)cc1. The Morgan fingerprint density at radius 2 is 1.70 bits per heavy atom. The number of anilines is 1.